The Kier molecular flexibility index (Phi) is 4.86. The van der Waals surface area contributed by atoms with Crippen molar-refractivity contribution in [1.82, 2.24) is 15.1 Å². The van der Waals surface area contributed by atoms with Crippen LogP contribution in [-0.4, -0.2) is 21.2 Å². The first-order valence-electron chi connectivity index (χ1n) is 6.19. The number of rotatable bonds is 6. The standard InChI is InChI=1S/C13H15BrN4O2/c1-10-7-16-17(9-10)5-4-15-8-11-2-3-12(18(19)20)6-13(11)14/h2-3,6-7,9,15H,4-5,8H2,1H3. The molecule has 0 fully saturated rings. The minimum absolute atomic E-state index is 0.0904. The van der Waals surface area contributed by atoms with Gasteiger partial charge in [0.05, 0.1) is 17.7 Å². The maximum Gasteiger partial charge on any atom is 0.270 e. The second-order valence-corrected chi connectivity index (χ2v) is 5.34. The summed E-state index contributed by atoms with van der Waals surface area (Å²) in [7, 11) is 0. The van der Waals surface area contributed by atoms with Crippen molar-refractivity contribution in [2.24, 2.45) is 0 Å². The van der Waals surface area contributed by atoms with Crippen molar-refractivity contribution in [3.05, 3.63) is 56.3 Å². The number of halogens is 1. The minimum Gasteiger partial charge on any atom is -0.311 e. The van der Waals surface area contributed by atoms with Crippen LogP contribution in [0.2, 0.25) is 0 Å². The van der Waals surface area contributed by atoms with Gasteiger partial charge in [0.15, 0.2) is 0 Å². The molecule has 106 valence electrons. The van der Waals surface area contributed by atoms with Crippen LogP contribution in [0.5, 0.6) is 0 Å². The van der Waals surface area contributed by atoms with Crippen LogP contribution < -0.4 is 5.32 Å². The molecule has 0 aliphatic heterocycles. The van der Waals surface area contributed by atoms with E-state index in [9.17, 15) is 10.1 Å². The van der Waals surface area contributed by atoms with E-state index < -0.39 is 4.92 Å². The first-order valence-corrected chi connectivity index (χ1v) is 6.98. The van der Waals surface area contributed by atoms with Crippen molar-refractivity contribution in [3.8, 4) is 0 Å². The fourth-order valence-electron chi connectivity index (χ4n) is 1.80. The molecule has 0 aliphatic rings. The fourth-order valence-corrected chi connectivity index (χ4v) is 2.31. The molecule has 0 spiro atoms. The van der Waals surface area contributed by atoms with E-state index in [1.807, 2.05) is 24.0 Å². The Hall–Kier alpha value is -1.73. The van der Waals surface area contributed by atoms with E-state index in [4.69, 9.17) is 0 Å². The number of aryl methyl sites for hydroxylation is 1. The first-order chi connectivity index (χ1) is 9.56. The lowest BCUT2D eigenvalue weighted by Crippen LogP contribution is -2.20. The summed E-state index contributed by atoms with van der Waals surface area (Å²) in [5, 5.41) is 18.1. The summed E-state index contributed by atoms with van der Waals surface area (Å²) in [5.41, 5.74) is 2.23. The van der Waals surface area contributed by atoms with E-state index in [0.717, 1.165) is 28.7 Å². The van der Waals surface area contributed by atoms with Gasteiger partial charge in [-0.3, -0.25) is 14.8 Å². The van der Waals surface area contributed by atoms with Gasteiger partial charge in [0.1, 0.15) is 0 Å². The normalized spacial score (nSPS) is 10.7. The zero-order chi connectivity index (χ0) is 14.5. The number of hydrogen-bond acceptors (Lipinski definition) is 4. The molecule has 2 rings (SSSR count). The topological polar surface area (TPSA) is 73.0 Å². The van der Waals surface area contributed by atoms with Gasteiger partial charge in [0.2, 0.25) is 0 Å². The predicted molar refractivity (Wildman–Crippen MR) is 79.5 cm³/mol. The summed E-state index contributed by atoms with van der Waals surface area (Å²) in [6.07, 6.45) is 3.82. The molecule has 0 unspecified atom stereocenters. The Morgan fingerprint density at radius 3 is 2.90 bits per heavy atom. The number of hydrogen-bond donors (Lipinski definition) is 1. The van der Waals surface area contributed by atoms with E-state index >= 15 is 0 Å². The van der Waals surface area contributed by atoms with Gasteiger partial charge >= 0.3 is 0 Å². The first kappa shape index (κ1) is 14.7. The number of nitro groups is 1. The Morgan fingerprint density at radius 1 is 1.50 bits per heavy atom. The summed E-state index contributed by atoms with van der Waals surface area (Å²) in [6.45, 7) is 4.23. The molecular weight excluding hydrogens is 324 g/mol. The molecule has 0 radical (unpaired) electrons. The molecule has 1 aromatic heterocycles. The summed E-state index contributed by atoms with van der Waals surface area (Å²) in [5.74, 6) is 0. The number of nitrogens with one attached hydrogen (secondary N) is 1. The van der Waals surface area contributed by atoms with E-state index in [2.05, 4.69) is 26.3 Å². The molecule has 7 heteroatoms. The molecule has 2 aromatic rings. The van der Waals surface area contributed by atoms with Crippen LogP contribution in [0.1, 0.15) is 11.1 Å². The van der Waals surface area contributed by atoms with E-state index in [1.54, 1.807) is 6.07 Å². The van der Waals surface area contributed by atoms with Gasteiger partial charge in [-0.2, -0.15) is 5.10 Å². The lowest BCUT2D eigenvalue weighted by atomic mass is 10.2. The summed E-state index contributed by atoms with van der Waals surface area (Å²) in [6, 6.07) is 4.79. The molecule has 0 atom stereocenters. The van der Waals surface area contributed by atoms with E-state index in [-0.39, 0.29) is 5.69 Å². The van der Waals surface area contributed by atoms with Crippen molar-refractivity contribution < 1.29 is 4.92 Å². The molecule has 1 heterocycles. The third-order valence-corrected chi connectivity index (χ3v) is 3.58. The third-order valence-electron chi connectivity index (χ3n) is 2.84. The molecule has 0 amide bonds. The van der Waals surface area contributed by atoms with Gasteiger partial charge in [0, 0.05) is 35.9 Å². The van der Waals surface area contributed by atoms with Crippen LogP contribution in [0.4, 0.5) is 5.69 Å². The molecule has 0 saturated carbocycles. The van der Waals surface area contributed by atoms with Gasteiger partial charge in [-0.1, -0.05) is 15.9 Å². The Morgan fingerprint density at radius 2 is 2.30 bits per heavy atom. The van der Waals surface area contributed by atoms with Gasteiger partial charge in [-0.25, -0.2) is 0 Å². The molecule has 0 saturated heterocycles. The highest BCUT2D eigenvalue weighted by Crippen LogP contribution is 2.22. The van der Waals surface area contributed by atoms with Crippen LogP contribution in [0.15, 0.2) is 35.1 Å². The van der Waals surface area contributed by atoms with Gasteiger partial charge < -0.3 is 5.32 Å². The summed E-state index contributed by atoms with van der Waals surface area (Å²) < 4.78 is 2.63. The highest BCUT2D eigenvalue weighted by Gasteiger charge is 2.08. The number of nitro benzene ring substituents is 1. The Balaban J connectivity index is 1.83. The van der Waals surface area contributed by atoms with E-state index in [1.165, 1.54) is 12.1 Å². The Bertz CT molecular complexity index is 612. The lowest BCUT2D eigenvalue weighted by molar-refractivity contribution is -0.384. The number of non-ortho nitro benzene ring substituents is 1. The SMILES string of the molecule is Cc1cnn(CCNCc2ccc([N+](=O)[O-])cc2Br)c1. The highest BCUT2D eigenvalue weighted by atomic mass is 79.9. The molecular formula is C13H15BrN4O2. The molecule has 6 nitrogen and oxygen atoms in total. The molecule has 1 aromatic carbocycles. The number of benzene rings is 1. The predicted octanol–water partition coefficient (Wildman–Crippen LogP) is 2.65. The van der Waals surface area contributed by atoms with Crippen LogP contribution in [0, 0.1) is 17.0 Å². The van der Waals surface area contributed by atoms with Crippen molar-refractivity contribution >= 4 is 21.6 Å². The number of aromatic nitrogens is 2. The molecule has 0 aliphatic carbocycles. The van der Waals surface area contributed by atoms with Gasteiger partial charge in [0.25, 0.3) is 5.69 Å². The van der Waals surface area contributed by atoms with E-state index in [0.29, 0.717) is 6.54 Å². The van der Waals surface area contributed by atoms with Crippen LogP contribution in [0.25, 0.3) is 0 Å². The summed E-state index contributed by atoms with van der Waals surface area (Å²) in [4.78, 5) is 10.2. The second-order valence-electron chi connectivity index (χ2n) is 4.49. The largest absolute Gasteiger partial charge is 0.311 e. The zero-order valence-electron chi connectivity index (χ0n) is 11.0. The van der Waals surface area contributed by atoms with Gasteiger partial charge in [-0.05, 0) is 24.1 Å². The van der Waals surface area contributed by atoms with Crippen molar-refractivity contribution in [2.45, 2.75) is 20.0 Å². The molecule has 20 heavy (non-hydrogen) atoms. The van der Waals surface area contributed by atoms with Crippen molar-refractivity contribution in [1.29, 1.82) is 0 Å². The smallest absolute Gasteiger partial charge is 0.270 e. The van der Waals surface area contributed by atoms with Crippen LogP contribution in [0.3, 0.4) is 0 Å². The summed E-state index contributed by atoms with van der Waals surface area (Å²) >= 11 is 3.35. The maximum absolute atomic E-state index is 10.6. The zero-order valence-corrected chi connectivity index (χ0v) is 12.6. The Labute approximate surface area is 125 Å². The van der Waals surface area contributed by atoms with Crippen molar-refractivity contribution in [2.75, 3.05) is 6.54 Å². The maximum atomic E-state index is 10.6. The number of nitrogens with zero attached hydrogens (tertiary/aromatic N) is 3. The van der Waals surface area contributed by atoms with Crippen LogP contribution >= 0.6 is 15.9 Å². The van der Waals surface area contributed by atoms with Crippen LogP contribution in [-0.2, 0) is 13.1 Å². The quantitative estimate of drug-likeness (QED) is 0.499. The van der Waals surface area contributed by atoms with Gasteiger partial charge in [-0.15, -0.1) is 0 Å². The monoisotopic (exact) mass is 338 g/mol. The second kappa shape index (κ2) is 6.62. The lowest BCUT2D eigenvalue weighted by Gasteiger charge is -2.07. The highest BCUT2D eigenvalue weighted by molar-refractivity contribution is 9.10. The minimum atomic E-state index is -0.401. The average molecular weight is 339 g/mol. The molecule has 0 bridgehead atoms. The third kappa shape index (κ3) is 3.88. The average Bonchev–Trinajstić information content (AvgIpc) is 2.81. The van der Waals surface area contributed by atoms with Crippen molar-refractivity contribution in [3.63, 3.8) is 0 Å². The fraction of sp³-hybridized carbons (Fsp3) is 0.308. The molecule has 1 N–H and O–H groups in total.